The van der Waals surface area contributed by atoms with Gasteiger partial charge in [0.1, 0.15) is 0 Å². The lowest BCUT2D eigenvalue weighted by atomic mass is 9.88. The van der Waals surface area contributed by atoms with Crippen LogP contribution >= 0.6 is 0 Å². The molecular formula is C31H34N2. The molecule has 33 heavy (non-hydrogen) atoms. The van der Waals surface area contributed by atoms with Crippen LogP contribution in [0.2, 0.25) is 0 Å². The number of benzene rings is 2. The number of hydrogen-bond acceptors (Lipinski definition) is 2. The van der Waals surface area contributed by atoms with Crippen LogP contribution in [0.4, 0.5) is 17.1 Å². The minimum absolute atomic E-state index is 0.412. The molecule has 1 aliphatic heterocycles. The SMILES string of the molecule is CC1CC=C(c2ccc(Nc3ccc4c(c3)C3C=CC=CC3N4C3=CCCCC3)cc2)CC1. The maximum atomic E-state index is 3.67. The van der Waals surface area contributed by atoms with Gasteiger partial charge >= 0.3 is 0 Å². The van der Waals surface area contributed by atoms with Crippen molar-refractivity contribution >= 4 is 22.6 Å². The molecule has 0 aromatic heterocycles. The summed E-state index contributed by atoms with van der Waals surface area (Å²) in [4.78, 5) is 2.61. The van der Waals surface area contributed by atoms with Gasteiger partial charge in [0, 0.05) is 28.7 Å². The minimum Gasteiger partial charge on any atom is -0.356 e. The van der Waals surface area contributed by atoms with Gasteiger partial charge in [0.25, 0.3) is 0 Å². The van der Waals surface area contributed by atoms with Crippen molar-refractivity contribution in [1.29, 1.82) is 0 Å². The Hall–Kier alpha value is -3.00. The van der Waals surface area contributed by atoms with Crippen LogP contribution in [-0.4, -0.2) is 6.04 Å². The molecule has 0 amide bonds. The monoisotopic (exact) mass is 434 g/mol. The summed E-state index contributed by atoms with van der Waals surface area (Å²) in [5.74, 6) is 1.26. The van der Waals surface area contributed by atoms with E-state index in [9.17, 15) is 0 Å². The average Bonchev–Trinajstić information content (AvgIpc) is 3.19. The summed E-state index contributed by atoms with van der Waals surface area (Å²) in [7, 11) is 0. The molecule has 2 nitrogen and oxygen atoms in total. The van der Waals surface area contributed by atoms with E-state index in [4.69, 9.17) is 0 Å². The van der Waals surface area contributed by atoms with Gasteiger partial charge in [-0.3, -0.25) is 0 Å². The third kappa shape index (κ3) is 3.97. The van der Waals surface area contributed by atoms with Gasteiger partial charge in [0.05, 0.1) is 6.04 Å². The van der Waals surface area contributed by atoms with Gasteiger partial charge in [-0.15, -0.1) is 0 Å². The highest BCUT2D eigenvalue weighted by atomic mass is 15.2. The Bertz CT molecular complexity index is 1150. The quantitative estimate of drug-likeness (QED) is 0.519. The molecule has 0 radical (unpaired) electrons. The largest absolute Gasteiger partial charge is 0.356 e. The molecule has 4 aliphatic rings. The summed E-state index contributed by atoms with van der Waals surface area (Å²) < 4.78 is 0. The lowest BCUT2D eigenvalue weighted by Gasteiger charge is -2.32. The van der Waals surface area contributed by atoms with Crippen LogP contribution in [0.5, 0.6) is 0 Å². The third-order valence-corrected chi connectivity index (χ3v) is 7.84. The first-order valence-corrected chi connectivity index (χ1v) is 12.8. The van der Waals surface area contributed by atoms with Crippen LogP contribution in [0, 0.1) is 5.92 Å². The zero-order chi connectivity index (χ0) is 22.2. The summed E-state index contributed by atoms with van der Waals surface area (Å²) in [6.07, 6.45) is 22.9. The van der Waals surface area contributed by atoms with Gasteiger partial charge in [-0.2, -0.15) is 0 Å². The number of rotatable bonds is 4. The van der Waals surface area contributed by atoms with E-state index < -0.39 is 0 Å². The second-order valence-corrected chi connectivity index (χ2v) is 10.2. The second kappa shape index (κ2) is 8.74. The van der Waals surface area contributed by atoms with Gasteiger partial charge in [-0.25, -0.2) is 0 Å². The predicted octanol–water partition coefficient (Wildman–Crippen LogP) is 8.49. The second-order valence-electron chi connectivity index (χ2n) is 10.2. The topological polar surface area (TPSA) is 15.3 Å². The van der Waals surface area contributed by atoms with E-state index in [2.05, 4.69) is 96.1 Å². The molecule has 6 rings (SSSR count). The fourth-order valence-electron chi connectivity index (χ4n) is 5.96. The number of anilines is 3. The molecule has 2 aromatic carbocycles. The average molecular weight is 435 g/mol. The maximum Gasteiger partial charge on any atom is 0.0626 e. The molecule has 0 saturated carbocycles. The van der Waals surface area contributed by atoms with Gasteiger partial charge in [-0.1, -0.05) is 55.5 Å². The Kier molecular flexibility index (Phi) is 5.46. The zero-order valence-electron chi connectivity index (χ0n) is 19.6. The molecule has 1 N–H and O–H groups in total. The van der Waals surface area contributed by atoms with Gasteiger partial charge in [-0.05, 0) is 97.9 Å². The van der Waals surface area contributed by atoms with Crippen molar-refractivity contribution in [3.8, 4) is 0 Å². The summed E-state index contributed by atoms with van der Waals surface area (Å²) in [5.41, 5.74) is 9.55. The fourth-order valence-corrected chi connectivity index (χ4v) is 5.96. The molecule has 0 bridgehead atoms. The Labute approximate surface area is 198 Å². The molecular weight excluding hydrogens is 400 g/mol. The van der Waals surface area contributed by atoms with Crippen LogP contribution in [0.25, 0.3) is 5.57 Å². The highest BCUT2D eigenvalue weighted by molar-refractivity contribution is 5.75. The molecule has 168 valence electrons. The maximum absolute atomic E-state index is 3.67. The van der Waals surface area contributed by atoms with Crippen LogP contribution in [0.15, 0.2) is 84.6 Å². The van der Waals surface area contributed by atoms with E-state index in [1.807, 2.05) is 0 Å². The van der Waals surface area contributed by atoms with E-state index in [0.29, 0.717) is 12.0 Å². The first-order chi connectivity index (χ1) is 16.3. The van der Waals surface area contributed by atoms with E-state index in [0.717, 1.165) is 11.6 Å². The fraction of sp³-hybridized carbons (Fsp3) is 0.355. The Morgan fingerprint density at radius 1 is 0.879 bits per heavy atom. The number of nitrogens with zero attached hydrogens (tertiary/aromatic N) is 1. The third-order valence-electron chi connectivity index (χ3n) is 7.84. The van der Waals surface area contributed by atoms with Crippen molar-refractivity contribution in [3.05, 3.63) is 95.7 Å². The molecule has 1 heterocycles. The summed E-state index contributed by atoms with van der Waals surface area (Å²) in [6.45, 7) is 2.35. The molecule has 2 aromatic rings. The molecule has 3 atom stereocenters. The first-order valence-electron chi connectivity index (χ1n) is 12.8. The van der Waals surface area contributed by atoms with Crippen LogP contribution in [0.1, 0.15) is 68.9 Å². The zero-order valence-corrected chi connectivity index (χ0v) is 19.6. The number of nitrogens with one attached hydrogen (secondary N) is 1. The summed E-state index contributed by atoms with van der Waals surface area (Å²) in [6, 6.07) is 16.4. The van der Waals surface area contributed by atoms with E-state index in [1.165, 1.54) is 78.7 Å². The molecule has 0 spiro atoms. The van der Waals surface area contributed by atoms with Crippen molar-refractivity contribution in [2.45, 2.75) is 63.8 Å². The van der Waals surface area contributed by atoms with Gasteiger partial charge < -0.3 is 10.2 Å². The van der Waals surface area contributed by atoms with Gasteiger partial charge in [0.15, 0.2) is 0 Å². The van der Waals surface area contributed by atoms with Gasteiger partial charge in [0.2, 0.25) is 0 Å². The van der Waals surface area contributed by atoms with E-state index in [-0.39, 0.29) is 0 Å². The van der Waals surface area contributed by atoms with Crippen LogP contribution in [0.3, 0.4) is 0 Å². The summed E-state index contributed by atoms with van der Waals surface area (Å²) >= 11 is 0. The van der Waals surface area contributed by atoms with E-state index in [1.54, 1.807) is 0 Å². The minimum atomic E-state index is 0.412. The van der Waals surface area contributed by atoms with E-state index >= 15 is 0 Å². The highest BCUT2D eigenvalue weighted by Gasteiger charge is 2.38. The van der Waals surface area contributed by atoms with Crippen molar-refractivity contribution < 1.29 is 0 Å². The normalized spacial score (nSPS) is 25.8. The predicted molar refractivity (Wildman–Crippen MR) is 141 cm³/mol. The summed E-state index contributed by atoms with van der Waals surface area (Å²) in [5, 5.41) is 3.67. The smallest absolute Gasteiger partial charge is 0.0626 e. The number of allylic oxidation sites excluding steroid dienone is 6. The van der Waals surface area contributed by atoms with Crippen molar-refractivity contribution in [1.82, 2.24) is 0 Å². The molecule has 0 fully saturated rings. The highest BCUT2D eigenvalue weighted by Crippen LogP contribution is 2.48. The Morgan fingerprint density at radius 3 is 2.52 bits per heavy atom. The number of hydrogen-bond donors (Lipinski definition) is 1. The van der Waals surface area contributed by atoms with Crippen molar-refractivity contribution in [3.63, 3.8) is 0 Å². The molecule has 3 unspecified atom stereocenters. The molecule has 2 heteroatoms. The molecule has 0 saturated heterocycles. The van der Waals surface area contributed by atoms with Crippen molar-refractivity contribution in [2.75, 3.05) is 10.2 Å². The Balaban J connectivity index is 1.25. The standard InChI is InChI=1S/C31H34N2/c1-22-11-13-23(14-12-22)24-15-17-25(18-16-24)32-26-19-20-31-29(21-26)28-9-5-6-10-30(28)33(31)27-7-3-2-4-8-27/h5-7,9-10,13,15-22,28,30,32H,2-4,8,11-12,14H2,1H3. The van der Waals surface area contributed by atoms with Crippen molar-refractivity contribution in [2.24, 2.45) is 5.92 Å². The Morgan fingerprint density at radius 2 is 1.73 bits per heavy atom. The molecule has 3 aliphatic carbocycles. The lowest BCUT2D eigenvalue weighted by molar-refractivity contribution is 0.534. The van der Waals surface area contributed by atoms with Crippen LogP contribution < -0.4 is 10.2 Å². The number of fused-ring (bicyclic) bond motifs is 3. The lowest BCUT2D eigenvalue weighted by Crippen LogP contribution is -2.32. The van der Waals surface area contributed by atoms with Crippen LogP contribution in [-0.2, 0) is 0 Å². The first kappa shape index (κ1) is 20.6.